The first kappa shape index (κ1) is 18.9. The number of primary amides is 1. The SMILES string of the molecule is NC(=O)c1ccc(NC(=O)CSc2nnc3n2CCN3c2ccc(F)cc2)cc1. The van der Waals surface area contributed by atoms with Gasteiger partial charge in [-0.2, -0.15) is 0 Å². The normalized spacial score (nSPS) is 12.7. The van der Waals surface area contributed by atoms with E-state index in [1.165, 1.54) is 23.9 Å². The number of nitrogens with two attached hydrogens (primary N) is 1. The van der Waals surface area contributed by atoms with Gasteiger partial charge in [0.25, 0.3) is 0 Å². The molecule has 0 atom stereocenters. The molecule has 148 valence electrons. The number of anilines is 3. The number of hydrogen-bond donors (Lipinski definition) is 2. The zero-order valence-electron chi connectivity index (χ0n) is 15.2. The van der Waals surface area contributed by atoms with Crippen molar-refractivity contribution in [2.45, 2.75) is 11.7 Å². The lowest BCUT2D eigenvalue weighted by molar-refractivity contribution is -0.113. The number of rotatable bonds is 6. The predicted octanol–water partition coefficient (Wildman–Crippen LogP) is 2.40. The summed E-state index contributed by atoms with van der Waals surface area (Å²) in [6.45, 7) is 1.38. The van der Waals surface area contributed by atoms with Crippen LogP contribution in [0.5, 0.6) is 0 Å². The Labute approximate surface area is 169 Å². The van der Waals surface area contributed by atoms with Crippen LogP contribution in [-0.4, -0.2) is 38.9 Å². The summed E-state index contributed by atoms with van der Waals surface area (Å²) in [6.07, 6.45) is 0. The quantitative estimate of drug-likeness (QED) is 0.602. The van der Waals surface area contributed by atoms with E-state index in [4.69, 9.17) is 5.73 Å². The van der Waals surface area contributed by atoms with Gasteiger partial charge < -0.3 is 16.0 Å². The number of carbonyl (C=O) groups is 2. The average molecular weight is 412 g/mol. The molecule has 3 N–H and O–H groups in total. The van der Waals surface area contributed by atoms with Crippen molar-refractivity contribution in [1.29, 1.82) is 0 Å². The second-order valence-corrected chi connectivity index (χ2v) is 7.28. The van der Waals surface area contributed by atoms with Crippen LogP contribution in [0.2, 0.25) is 0 Å². The summed E-state index contributed by atoms with van der Waals surface area (Å²) >= 11 is 1.28. The molecule has 0 saturated heterocycles. The summed E-state index contributed by atoms with van der Waals surface area (Å²) in [5, 5.41) is 11.8. The molecule has 4 rings (SSSR count). The molecule has 2 heterocycles. The van der Waals surface area contributed by atoms with Crippen molar-refractivity contribution in [3.63, 3.8) is 0 Å². The van der Waals surface area contributed by atoms with Crippen molar-refractivity contribution in [1.82, 2.24) is 14.8 Å². The van der Waals surface area contributed by atoms with Crippen LogP contribution in [0.1, 0.15) is 10.4 Å². The number of nitrogens with one attached hydrogen (secondary N) is 1. The van der Waals surface area contributed by atoms with Gasteiger partial charge in [-0.1, -0.05) is 11.8 Å². The Bertz CT molecular complexity index is 1050. The van der Waals surface area contributed by atoms with Gasteiger partial charge >= 0.3 is 0 Å². The van der Waals surface area contributed by atoms with Gasteiger partial charge in [-0.3, -0.25) is 14.2 Å². The molecule has 2 aromatic carbocycles. The fourth-order valence-electron chi connectivity index (χ4n) is 2.99. The highest BCUT2D eigenvalue weighted by Crippen LogP contribution is 2.32. The number of halogens is 1. The van der Waals surface area contributed by atoms with Gasteiger partial charge in [-0.15, -0.1) is 10.2 Å². The molecule has 8 nitrogen and oxygen atoms in total. The minimum atomic E-state index is -0.520. The molecule has 0 saturated carbocycles. The summed E-state index contributed by atoms with van der Waals surface area (Å²) in [5.41, 5.74) is 6.99. The Morgan fingerprint density at radius 1 is 1.07 bits per heavy atom. The lowest BCUT2D eigenvalue weighted by Crippen LogP contribution is -2.15. The number of aromatic nitrogens is 3. The van der Waals surface area contributed by atoms with Gasteiger partial charge in [0.1, 0.15) is 5.82 Å². The summed E-state index contributed by atoms with van der Waals surface area (Å²) < 4.78 is 15.1. The fraction of sp³-hybridized carbons (Fsp3) is 0.158. The molecule has 0 unspecified atom stereocenters. The van der Waals surface area contributed by atoms with Gasteiger partial charge in [0.2, 0.25) is 17.8 Å². The number of fused-ring (bicyclic) bond motifs is 1. The molecule has 0 aliphatic carbocycles. The van der Waals surface area contributed by atoms with Crippen molar-refractivity contribution in [2.75, 3.05) is 22.5 Å². The van der Waals surface area contributed by atoms with E-state index in [-0.39, 0.29) is 17.5 Å². The zero-order valence-corrected chi connectivity index (χ0v) is 16.0. The Balaban J connectivity index is 1.37. The molecular weight excluding hydrogens is 395 g/mol. The highest BCUT2D eigenvalue weighted by Gasteiger charge is 2.26. The first-order chi connectivity index (χ1) is 14.0. The zero-order chi connectivity index (χ0) is 20.4. The van der Waals surface area contributed by atoms with Crippen LogP contribution in [-0.2, 0) is 11.3 Å². The van der Waals surface area contributed by atoms with Gasteiger partial charge in [-0.05, 0) is 48.5 Å². The van der Waals surface area contributed by atoms with Crippen molar-refractivity contribution >= 4 is 40.9 Å². The molecule has 0 fully saturated rings. The Morgan fingerprint density at radius 2 is 1.79 bits per heavy atom. The first-order valence-electron chi connectivity index (χ1n) is 8.80. The van der Waals surface area contributed by atoms with Crippen LogP contribution in [0, 0.1) is 5.82 Å². The minimum absolute atomic E-state index is 0.159. The van der Waals surface area contributed by atoms with Gasteiger partial charge in [0.05, 0.1) is 5.75 Å². The van der Waals surface area contributed by atoms with Crippen molar-refractivity contribution in [3.05, 3.63) is 59.9 Å². The molecule has 29 heavy (non-hydrogen) atoms. The van der Waals surface area contributed by atoms with Crippen molar-refractivity contribution < 1.29 is 14.0 Å². The molecular formula is C19H17FN6O2S. The Kier molecular flexibility index (Phi) is 5.17. The maximum atomic E-state index is 13.1. The van der Waals surface area contributed by atoms with E-state index in [1.807, 2.05) is 9.47 Å². The molecule has 0 radical (unpaired) electrons. The van der Waals surface area contributed by atoms with E-state index < -0.39 is 5.91 Å². The van der Waals surface area contributed by atoms with E-state index in [0.29, 0.717) is 35.4 Å². The van der Waals surface area contributed by atoms with E-state index in [1.54, 1.807) is 36.4 Å². The number of nitrogens with zero attached hydrogens (tertiary/aromatic N) is 4. The van der Waals surface area contributed by atoms with Crippen molar-refractivity contribution in [3.8, 4) is 0 Å². The van der Waals surface area contributed by atoms with Gasteiger partial charge in [-0.25, -0.2) is 4.39 Å². The van der Waals surface area contributed by atoms with E-state index in [0.717, 1.165) is 5.69 Å². The number of amides is 2. The average Bonchev–Trinajstić information content (AvgIpc) is 3.30. The number of carbonyl (C=O) groups excluding carboxylic acids is 2. The van der Waals surface area contributed by atoms with E-state index in [9.17, 15) is 14.0 Å². The maximum Gasteiger partial charge on any atom is 0.248 e. The minimum Gasteiger partial charge on any atom is -0.366 e. The summed E-state index contributed by atoms with van der Waals surface area (Å²) in [7, 11) is 0. The third kappa shape index (κ3) is 4.06. The molecule has 0 bridgehead atoms. The lowest BCUT2D eigenvalue weighted by Gasteiger charge is -2.14. The van der Waals surface area contributed by atoms with Crippen LogP contribution in [0.3, 0.4) is 0 Å². The standard InChI is InChI=1S/C19H17FN6O2S/c20-13-3-7-15(8-4-13)25-9-10-26-18(25)23-24-19(26)29-11-16(27)22-14-5-1-12(2-6-14)17(21)28/h1-8H,9-11H2,(H2,21,28)(H,22,27). The number of benzene rings is 2. The molecule has 0 spiro atoms. The molecule has 2 amide bonds. The largest absolute Gasteiger partial charge is 0.366 e. The predicted molar refractivity (Wildman–Crippen MR) is 108 cm³/mol. The lowest BCUT2D eigenvalue weighted by atomic mass is 10.2. The van der Waals surface area contributed by atoms with Crippen LogP contribution in [0.15, 0.2) is 53.7 Å². The number of thioether (sulfide) groups is 1. The molecule has 3 aromatic rings. The molecule has 10 heteroatoms. The second-order valence-electron chi connectivity index (χ2n) is 6.34. The maximum absolute atomic E-state index is 13.1. The first-order valence-corrected chi connectivity index (χ1v) is 9.78. The van der Waals surface area contributed by atoms with Crippen LogP contribution in [0.4, 0.5) is 21.7 Å². The smallest absolute Gasteiger partial charge is 0.248 e. The fourth-order valence-corrected chi connectivity index (χ4v) is 3.75. The summed E-state index contributed by atoms with van der Waals surface area (Å²) in [5.74, 6) is -0.185. The van der Waals surface area contributed by atoms with Crippen LogP contribution in [0.25, 0.3) is 0 Å². The van der Waals surface area contributed by atoms with E-state index >= 15 is 0 Å². The monoisotopic (exact) mass is 412 g/mol. The number of hydrogen-bond acceptors (Lipinski definition) is 6. The van der Waals surface area contributed by atoms with Crippen LogP contribution < -0.4 is 16.0 Å². The third-order valence-electron chi connectivity index (χ3n) is 4.41. The molecule has 1 aromatic heterocycles. The topological polar surface area (TPSA) is 106 Å². The Morgan fingerprint density at radius 3 is 2.48 bits per heavy atom. The van der Waals surface area contributed by atoms with E-state index in [2.05, 4.69) is 15.5 Å². The summed E-state index contributed by atoms with van der Waals surface area (Å²) in [4.78, 5) is 25.3. The molecule has 1 aliphatic heterocycles. The van der Waals surface area contributed by atoms with Crippen molar-refractivity contribution in [2.24, 2.45) is 5.73 Å². The summed E-state index contributed by atoms with van der Waals surface area (Å²) in [6, 6.07) is 12.6. The van der Waals surface area contributed by atoms with Crippen LogP contribution >= 0.6 is 11.8 Å². The molecule has 1 aliphatic rings. The highest BCUT2D eigenvalue weighted by atomic mass is 32.2. The van der Waals surface area contributed by atoms with Gasteiger partial charge in [0, 0.05) is 30.0 Å². The highest BCUT2D eigenvalue weighted by molar-refractivity contribution is 7.99. The van der Waals surface area contributed by atoms with Gasteiger partial charge in [0.15, 0.2) is 5.16 Å². The third-order valence-corrected chi connectivity index (χ3v) is 5.38. The Hall–Kier alpha value is -3.40. The second kappa shape index (κ2) is 7.92.